The van der Waals surface area contributed by atoms with Crippen LogP contribution in [0, 0.1) is 6.92 Å². The molecule has 4 rings (SSSR count). The van der Waals surface area contributed by atoms with Crippen LogP contribution in [0.25, 0.3) is 11.5 Å². The maximum Gasteiger partial charge on any atom is 0.179 e. The van der Waals surface area contributed by atoms with Gasteiger partial charge in [0, 0.05) is 18.3 Å². The van der Waals surface area contributed by atoms with E-state index in [0.717, 1.165) is 40.2 Å². The van der Waals surface area contributed by atoms with Gasteiger partial charge in [-0.1, -0.05) is 17.8 Å². The molecule has 4 heterocycles. The minimum atomic E-state index is 0.671. The molecule has 5 nitrogen and oxygen atoms in total. The Morgan fingerprint density at radius 3 is 3.04 bits per heavy atom. The second-order valence-corrected chi connectivity index (χ2v) is 7.62. The van der Waals surface area contributed by atoms with Crippen molar-refractivity contribution in [3.05, 3.63) is 51.7 Å². The molecule has 0 spiro atoms. The van der Waals surface area contributed by atoms with Crippen LogP contribution in [0.15, 0.2) is 35.5 Å². The molecule has 3 aromatic heterocycles. The van der Waals surface area contributed by atoms with E-state index >= 15 is 0 Å². The summed E-state index contributed by atoms with van der Waals surface area (Å²) in [6.07, 6.45) is 2.68. The molecule has 1 aliphatic rings. The lowest BCUT2D eigenvalue weighted by Crippen LogP contribution is -2.07. The summed E-state index contributed by atoms with van der Waals surface area (Å²) in [5, 5.41) is 2.08. The Morgan fingerprint density at radius 2 is 2.21 bits per heavy atom. The van der Waals surface area contributed by atoms with Crippen molar-refractivity contribution >= 4 is 23.1 Å². The van der Waals surface area contributed by atoms with Crippen LogP contribution in [-0.2, 0) is 23.5 Å². The monoisotopic (exact) mass is 356 g/mol. The van der Waals surface area contributed by atoms with Crippen molar-refractivity contribution in [2.24, 2.45) is 0 Å². The van der Waals surface area contributed by atoms with E-state index in [0.29, 0.717) is 12.4 Å². The molecule has 0 fully saturated rings. The van der Waals surface area contributed by atoms with E-state index in [2.05, 4.69) is 15.0 Å². The highest BCUT2D eigenvalue weighted by Crippen LogP contribution is 2.29. The molecule has 122 valence electrons. The van der Waals surface area contributed by atoms with Crippen LogP contribution in [0.2, 0.25) is 0 Å². The Bertz CT molecular complexity index is 828. The fourth-order valence-corrected chi connectivity index (χ4v) is 4.50. The number of aryl methyl sites for hydroxylation is 1. The van der Waals surface area contributed by atoms with Crippen molar-refractivity contribution in [2.75, 3.05) is 6.61 Å². The molecule has 0 saturated carbocycles. The molecule has 0 bridgehead atoms. The third-order valence-electron chi connectivity index (χ3n) is 3.61. The minimum Gasteiger partial charge on any atom is -0.375 e. The number of thioether (sulfide) groups is 1. The fraction of sp³-hybridized carbons (Fsp3) is 0.294. The summed E-state index contributed by atoms with van der Waals surface area (Å²) in [4.78, 5) is 19.5. The molecule has 0 amide bonds. The van der Waals surface area contributed by atoms with Crippen molar-refractivity contribution < 1.29 is 4.74 Å². The molecule has 7 heteroatoms. The SMILES string of the molecule is Cc1cc(SCc2nc3c(s2)COCC3)nc(-c2ccccn2)n1. The number of aromatic nitrogens is 4. The molecule has 0 N–H and O–H groups in total. The largest absolute Gasteiger partial charge is 0.375 e. The van der Waals surface area contributed by atoms with Crippen LogP contribution in [0.4, 0.5) is 0 Å². The van der Waals surface area contributed by atoms with Crippen LogP contribution < -0.4 is 0 Å². The van der Waals surface area contributed by atoms with Crippen molar-refractivity contribution in [2.45, 2.75) is 30.7 Å². The number of pyridine rings is 1. The highest BCUT2D eigenvalue weighted by molar-refractivity contribution is 7.98. The predicted molar refractivity (Wildman–Crippen MR) is 95.0 cm³/mol. The number of thiazole rings is 1. The Morgan fingerprint density at radius 1 is 1.25 bits per heavy atom. The average Bonchev–Trinajstić information content (AvgIpc) is 3.03. The van der Waals surface area contributed by atoms with E-state index < -0.39 is 0 Å². The lowest BCUT2D eigenvalue weighted by atomic mass is 10.2. The molecule has 0 atom stereocenters. The first-order valence-electron chi connectivity index (χ1n) is 7.73. The summed E-state index contributed by atoms with van der Waals surface area (Å²) in [5.74, 6) is 1.49. The van der Waals surface area contributed by atoms with Crippen molar-refractivity contribution in [3.8, 4) is 11.5 Å². The molecule has 0 aromatic carbocycles. The Labute approximate surface area is 148 Å². The van der Waals surface area contributed by atoms with Crippen LogP contribution in [-0.4, -0.2) is 26.5 Å². The maximum atomic E-state index is 5.49. The van der Waals surface area contributed by atoms with Gasteiger partial charge >= 0.3 is 0 Å². The van der Waals surface area contributed by atoms with Gasteiger partial charge in [-0.05, 0) is 25.1 Å². The highest BCUT2D eigenvalue weighted by atomic mass is 32.2. The lowest BCUT2D eigenvalue weighted by molar-refractivity contribution is 0.112. The minimum absolute atomic E-state index is 0.671. The second-order valence-electron chi connectivity index (χ2n) is 5.45. The average molecular weight is 356 g/mol. The molecule has 0 aliphatic carbocycles. The van der Waals surface area contributed by atoms with E-state index in [1.165, 1.54) is 10.6 Å². The van der Waals surface area contributed by atoms with Gasteiger partial charge in [-0.15, -0.1) is 11.3 Å². The maximum absolute atomic E-state index is 5.49. The van der Waals surface area contributed by atoms with E-state index in [-0.39, 0.29) is 0 Å². The highest BCUT2D eigenvalue weighted by Gasteiger charge is 2.16. The van der Waals surface area contributed by atoms with Crippen LogP contribution >= 0.6 is 23.1 Å². The summed E-state index contributed by atoms with van der Waals surface area (Å²) < 4.78 is 5.49. The predicted octanol–water partition coefficient (Wildman–Crippen LogP) is 3.67. The number of nitrogens with zero attached hydrogens (tertiary/aromatic N) is 4. The van der Waals surface area contributed by atoms with E-state index in [1.807, 2.05) is 31.2 Å². The first kappa shape index (κ1) is 15.7. The van der Waals surface area contributed by atoms with Gasteiger partial charge in [0.1, 0.15) is 15.7 Å². The summed E-state index contributed by atoms with van der Waals surface area (Å²) in [5.41, 5.74) is 2.94. The number of rotatable bonds is 4. The summed E-state index contributed by atoms with van der Waals surface area (Å²) >= 11 is 3.43. The van der Waals surface area contributed by atoms with Crippen molar-refractivity contribution in [1.29, 1.82) is 0 Å². The number of hydrogen-bond acceptors (Lipinski definition) is 7. The van der Waals surface area contributed by atoms with Crippen LogP contribution in [0.5, 0.6) is 0 Å². The topological polar surface area (TPSA) is 60.8 Å². The van der Waals surface area contributed by atoms with Gasteiger partial charge in [0.25, 0.3) is 0 Å². The number of hydrogen-bond donors (Lipinski definition) is 0. The number of fused-ring (bicyclic) bond motifs is 1. The van der Waals surface area contributed by atoms with Crippen LogP contribution in [0.3, 0.4) is 0 Å². The molecular formula is C17H16N4OS2. The van der Waals surface area contributed by atoms with Gasteiger partial charge in [0.2, 0.25) is 0 Å². The number of ether oxygens (including phenoxy) is 1. The third kappa shape index (κ3) is 3.48. The fourth-order valence-electron chi connectivity index (χ4n) is 2.50. The van der Waals surface area contributed by atoms with Crippen LogP contribution in [0.1, 0.15) is 21.3 Å². The van der Waals surface area contributed by atoms with Gasteiger partial charge in [-0.2, -0.15) is 0 Å². The quantitative estimate of drug-likeness (QED) is 0.525. The van der Waals surface area contributed by atoms with E-state index in [4.69, 9.17) is 9.72 Å². The van der Waals surface area contributed by atoms with Crippen molar-refractivity contribution in [3.63, 3.8) is 0 Å². The Kier molecular flexibility index (Phi) is 4.55. The summed E-state index contributed by atoms with van der Waals surface area (Å²) in [6.45, 7) is 3.47. The molecule has 3 aromatic rings. The lowest BCUT2D eigenvalue weighted by Gasteiger charge is -2.08. The summed E-state index contributed by atoms with van der Waals surface area (Å²) in [6, 6.07) is 7.78. The van der Waals surface area contributed by atoms with Gasteiger partial charge in [0.15, 0.2) is 5.82 Å². The first-order valence-corrected chi connectivity index (χ1v) is 9.53. The van der Waals surface area contributed by atoms with Gasteiger partial charge in [-0.25, -0.2) is 15.0 Å². The molecule has 1 aliphatic heterocycles. The standard InChI is InChI=1S/C17H16N4OS2/c1-11-8-15(21-17(19-11)13-4-2-3-6-18-13)23-10-16-20-12-5-7-22-9-14(12)24-16/h2-4,6,8H,5,7,9-10H2,1H3. The summed E-state index contributed by atoms with van der Waals surface area (Å²) in [7, 11) is 0. The Balaban J connectivity index is 1.52. The Hall–Kier alpha value is -1.83. The molecule has 24 heavy (non-hydrogen) atoms. The van der Waals surface area contributed by atoms with Gasteiger partial charge < -0.3 is 4.74 Å². The zero-order chi connectivity index (χ0) is 16.4. The first-order chi connectivity index (χ1) is 11.8. The molecule has 0 saturated heterocycles. The smallest absolute Gasteiger partial charge is 0.179 e. The van der Waals surface area contributed by atoms with Gasteiger partial charge in [-0.3, -0.25) is 4.98 Å². The molecule has 0 radical (unpaired) electrons. The molecule has 0 unspecified atom stereocenters. The zero-order valence-electron chi connectivity index (χ0n) is 13.2. The van der Waals surface area contributed by atoms with E-state index in [9.17, 15) is 0 Å². The van der Waals surface area contributed by atoms with Crippen molar-refractivity contribution in [1.82, 2.24) is 19.9 Å². The molecular weight excluding hydrogens is 340 g/mol. The normalized spacial score (nSPS) is 13.7. The zero-order valence-corrected chi connectivity index (χ0v) is 14.9. The third-order valence-corrected chi connectivity index (χ3v) is 5.78. The van der Waals surface area contributed by atoms with E-state index in [1.54, 1.807) is 29.3 Å². The second kappa shape index (κ2) is 6.96. The van der Waals surface area contributed by atoms with Gasteiger partial charge in [0.05, 0.1) is 29.5 Å².